The quantitative estimate of drug-likeness (QED) is 0.750. The van der Waals surface area contributed by atoms with Gasteiger partial charge in [0.2, 0.25) is 0 Å². The van der Waals surface area contributed by atoms with Crippen molar-refractivity contribution in [2.75, 3.05) is 11.9 Å². The number of carbonyl (C=O) groups excluding carboxylic acids is 2. The van der Waals surface area contributed by atoms with Crippen molar-refractivity contribution in [2.24, 2.45) is 17.3 Å². The topological polar surface area (TPSA) is 75.6 Å². The molecule has 0 heterocycles. The first-order valence-electron chi connectivity index (χ1n) is 8.81. The fourth-order valence-corrected chi connectivity index (χ4v) is 5.73. The first-order chi connectivity index (χ1) is 11.9. The van der Waals surface area contributed by atoms with E-state index in [2.05, 4.69) is 21.2 Å². The fourth-order valence-electron chi connectivity index (χ4n) is 5.47. The number of hydrogen-bond donors (Lipinski definition) is 2. The zero-order valence-electron chi connectivity index (χ0n) is 14.0. The lowest BCUT2D eigenvalue weighted by Gasteiger charge is -2.58. The third-order valence-corrected chi connectivity index (χ3v) is 6.45. The van der Waals surface area contributed by atoms with Crippen LogP contribution in [0, 0.1) is 17.3 Å². The molecule has 0 saturated heterocycles. The molecular formula is C19H22BrNO4. The number of halogens is 1. The number of carbonyl (C=O) groups is 2. The molecule has 0 aromatic heterocycles. The minimum absolute atomic E-state index is 0.287. The number of anilines is 1. The van der Waals surface area contributed by atoms with Crippen LogP contribution in [0.2, 0.25) is 0 Å². The molecule has 0 aliphatic heterocycles. The van der Waals surface area contributed by atoms with E-state index in [1.807, 2.05) is 12.1 Å². The molecule has 6 heteroatoms. The molecule has 0 spiro atoms. The largest absolute Gasteiger partial charge is 0.455 e. The molecule has 5 rings (SSSR count). The number of ether oxygens (including phenoxy) is 1. The van der Waals surface area contributed by atoms with Crippen LogP contribution in [0.3, 0.4) is 0 Å². The van der Waals surface area contributed by atoms with Gasteiger partial charge in [-0.05, 0) is 74.6 Å². The molecule has 4 aliphatic carbocycles. The maximum atomic E-state index is 12.7. The van der Waals surface area contributed by atoms with Gasteiger partial charge < -0.3 is 15.2 Å². The van der Waals surface area contributed by atoms with Crippen LogP contribution in [-0.2, 0) is 14.3 Å². The van der Waals surface area contributed by atoms with Crippen LogP contribution in [-0.4, -0.2) is 29.2 Å². The number of benzene rings is 1. The summed E-state index contributed by atoms with van der Waals surface area (Å²) in [6.45, 7) is -0.287. The van der Waals surface area contributed by atoms with Crippen molar-refractivity contribution >= 4 is 33.5 Å². The van der Waals surface area contributed by atoms with Gasteiger partial charge in [0.15, 0.2) is 6.61 Å². The third kappa shape index (κ3) is 3.34. The van der Waals surface area contributed by atoms with Crippen molar-refractivity contribution in [3.05, 3.63) is 28.7 Å². The van der Waals surface area contributed by atoms with Crippen LogP contribution in [0.4, 0.5) is 5.69 Å². The number of rotatable bonds is 4. The molecule has 4 bridgehead atoms. The van der Waals surface area contributed by atoms with Crippen molar-refractivity contribution in [3.63, 3.8) is 0 Å². The van der Waals surface area contributed by atoms with Crippen LogP contribution in [0.15, 0.2) is 28.7 Å². The summed E-state index contributed by atoms with van der Waals surface area (Å²) in [6, 6.07) is 7.21. The smallest absolute Gasteiger partial charge is 0.312 e. The van der Waals surface area contributed by atoms with E-state index < -0.39 is 11.0 Å². The highest BCUT2D eigenvalue weighted by atomic mass is 79.9. The second-order valence-corrected chi connectivity index (χ2v) is 9.01. The summed E-state index contributed by atoms with van der Waals surface area (Å²) >= 11 is 3.34. The molecule has 25 heavy (non-hydrogen) atoms. The van der Waals surface area contributed by atoms with E-state index in [0.717, 1.165) is 36.6 Å². The number of amides is 1. The van der Waals surface area contributed by atoms with Crippen molar-refractivity contribution in [2.45, 2.75) is 44.1 Å². The molecule has 1 aromatic carbocycles. The van der Waals surface area contributed by atoms with E-state index in [1.165, 1.54) is 0 Å². The summed E-state index contributed by atoms with van der Waals surface area (Å²) in [7, 11) is 0. The molecule has 0 radical (unpaired) electrons. The van der Waals surface area contributed by atoms with Crippen molar-refractivity contribution in [1.82, 2.24) is 0 Å². The minimum Gasteiger partial charge on any atom is -0.455 e. The van der Waals surface area contributed by atoms with E-state index in [4.69, 9.17) is 4.74 Å². The van der Waals surface area contributed by atoms with Crippen molar-refractivity contribution in [3.8, 4) is 0 Å². The van der Waals surface area contributed by atoms with E-state index in [1.54, 1.807) is 12.1 Å². The lowest BCUT2D eigenvalue weighted by molar-refractivity contribution is -0.196. The second kappa shape index (κ2) is 6.09. The van der Waals surface area contributed by atoms with E-state index in [-0.39, 0.29) is 18.5 Å². The lowest BCUT2D eigenvalue weighted by atomic mass is 9.48. The normalized spacial score (nSPS) is 35.4. The zero-order valence-corrected chi connectivity index (χ0v) is 15.5. The maximum Gasteiger partial charge on any atom is 0.312 e. The molecule has 4 aliphatic rings. The van der Waals surface area contributed by atoms with Gasteiger partial charge in [-0.3, -0.25) is 9.59 Å². The molecule has 2 N–H and O–H groups in total. The average molecular weight is 408 g/mol. The summed E-state index contributed by atoms with van der Waals surface area (Å²) in [6.07, 6.45) is 4.80. The Bertz CT molecular complexity index is 688. The fraction of sp³-hybridized carbons (Fsp3) is 0.579. The van der Waals surface area contributed by atoms with Gasteiger partial charge >= 0.3 is 5.97 Å². The Labute approximate surface area is 155 Å². The highest BCUT2D eigenvalue weighted by Crippen LogP contribution is 2.61. The summed E-state index contributed by atoms with van der Waals surface area (Å²) < 4.78 is 6.29. The lowest BCUT2D eigenvalue weighted by Crippen LogP contribution is -2.58. The summed E-state index contributed by atoms with van der Waals surface area (Å²) in [5.41, 5.74) is -0.632. The Morgan fingerprint density at radius 3 is 2.40 bits per heavy atom. The Hall–Kier alpha value is -1.40. The molecule has 4 fully saturated rings. The van der Waals surface area contributed by atoms with Gasteiger partial charge in [0.05, 0.1) is 11.0 Å². The Morgan fingerprint density at radius 2 is 1.80 bits per heavy atom. The molecule has 5 nitrogen and oxygen atoms in total. The average Bonchev–Trinajstić information content (AvgIpc) is 2.52. The standard InChI is InChI=1S/C19H22BrNO4/c20-14-1-3-15(4-2-14)21-16(22)10-25-17(23)18-6-12-5-13(7-18)9-19(24,8-12)11-18/h1-4,12-13,24H,5-11H2,(H,21,22). The molecule has 134 valence electrons. The van der Waals surface area contributed by atoms with Gasteiger partial charge in [0.25, 0.3) is 5.91 Å². The summed E-state index contributed by atoms with van der Waals surface area (Å²) in [5, 5.41) is 13.4. The minimum atomic E-state index is -0.706. The zero-order chi connectivity index (χ0) is 17.7. The highest BCUT2D eigenvalue weighted by molar-refractivity contribution is 9.10. The monoisotopic (exact) mass is 407 g/mol. The highest BCUT2D eigenvalue weighted by Gasteiger charge is 2.60. The van der Waals surface area contributed by atoms with Crippen LogP contribution in [0.25, 0.3) is 0 Å². The summed E-state index contributed by atoms with van der Waals surface area (Å²) in [5.74, 6) is 0.163. The first kappa shape index (κ1) is 17.0. The SMILES string of the molecule is O=C(COC(=O)C12CC3CC(CC(O)(C3)C1)C2)Nc1ccc(Br)cc1. The molecule has 4 saturated carbocycles. The molecule has 1 amide bonds. The number of aliphatic hydroxyl groups is 1. The molecular weight excluding hydrogens is 386 g/mol. The van der Waals surface area contributed by atoms with E-state index in [9.17, 15) is 14.7 Å². The number of hydrogen-bond acceptors (Lipinski definition) is 4. The Balaban J connectivity index is 1.36. The van der Waals surface area contributed by atoms with Crippen molar-refractivity contribution < 1.29 is 19.4 Å². The Kier molecular flexibility index (Phi) is 4.15. The second-order valence-electron chi connectivity index (χ2n) is 8.10. The van der Waals surface area contributed by atoms with Crippen LogP contribution >= 0.6 is 15.9 Å². The predicted octanol–water partition coefficient (Wildman–Crippen LogP) is 3.26. The maximum absolute atomic E-state index is 12.7. The number of nitrogens with one attached hydrogen (secondary N) is 1. The third-order valence-electron chi connectivity index (χ3n) is 5.93. The molecule has 2 atom stereocenters. The molecule has 1 aromatic rings. The first-order valence-corrected chi connectivity index (χ1v) is 9.60. The van der Waals surface area contributed by atoms with Gasteiger partial charge in [-0.2, -0.15) is 0 Å². The van der Waals surface area contributed by atoms with E-state index in [0.29, 0.717) is 23.9 Å². The van der Waals surface area contributed by atoms with Gasteiger partial charge in [-0.15, -0.1) is 0 Å². The number of esters is 1. The van der Waals surface area contributed by atoms with Gasteiger partial charge in [0.1, 0.15) is 0 Å². The van der Waals surface area contributed by atoms with Gasteiger partial charge in [-0.25, -0.2) is 0 Å². The van der Waals surface area contributed by atoms with E-state index >= 15 is 0 Å². The van der Waals surface area contributed by atoms with Crippen LogP contribution in [0.1, 0.15) is 38.5 Å². The van der Waals surface area contributed by atoms with Crippen molar-refractivity contribution in [1.29, 1.82) is 0 Å². The van der Waals surface area contributed by atoms with Crippen LogP contribution in [0.5, 0.6) is 0 Å². The van der Waals surface area contributed by atoms with Gasteiger partial charge in [0, 0.05) is 10.2 Å². The predicted molar refractivity (Wildman–Crippen MR) is 95.8 cm³/mol. The molecule has 2 unspecified atom stereocenters. The van der Waals surface area contributed by atoms with Crippen LogP contribution < -0.4 is 5.32 Å². The van der Waals surface area contributed by atoms with Gasteiger partial charge in [-0.1, -0.05) is 15.9 Å². The summed E-state index contributed by atoms with van der Waals surface area (Å²) in [4.78, 5) is 24.8. The Morgan fingerprint density at radius 1 is 1.16 bits per heavy atom.